The average Bonchev–Trinajstić information content (AvgIpc) is 2.74. The Hall–Kier alpha value is -2.37. The van der Waals surface area contributed by atoms with Crippen LogP contribution in [0.3, 0.4) is 0 Å². The van der Waals surface area contributed by atoms with E-state index in [0.29, 0.717) is 30.3 Å². The lowest BCUT2D eigenvalue weighted by atomic mass is 10.2. The van der Waals surface area contributed by atoms with E-state index in [0.717, 1.165) is 52.0 Å². The third-order valence-electron chi connectivity index (χ3n) is 4.99. The smallest absolute Gasteiger partial charge is 0.161 e. The lowest BCUT2D eigenvalue weighted by molar-refractivity contribution is 0.112. The Kier molecular flexibility index (Phi) is 7.88. The summed E-state index contributed by atoms with van der Waals surface area (Å²) >= 11 is 0. The van der Waals surface area contributed by atoms with Crippen LogP contribution >= 0.6 is 0 Å². The maximum Gasteiger partial charge on any atom is 0.161 e. The van der Waals surface area contributed by atoms with Crippen LogP contribution in [0, 0.1) is 0 Å². The molecule has 0 aromatic heterocycles. The van der Waals surface area contributed by atoms with Crippen LogP contribution in [-0.4, -0.2) is 62.0 Å². The summed E-state index contributed by atoms with van der Waals surface area (Å²) in [7, 11) is 0. The molecule has 1 saturated heterocycles. The first kappa shape index (κ1) is 20.4. The number of benzene rings is 2. The van der Waals surface area contributed by atoms with Gasteiger partial charge in [-0.05, 0) is 37.1 Å². The van der Waals surface area contributed by atoms with Gasteiger partial charge in [0.05, 0.1) is 13.2 Å². The number of rotatable bonds is 10. The minimum Gasteiger partial charge on any atom is -0.490 e. The molecule has 28 heavy (non-hydrogen) atoms. The molecule has 0 aliphatic carbocycles. The average molecular weight is 383 g/mol. The molecule has 0 bridgehead atoms. The zero-order valence-electron chi connectivity index (χ0n) is 16.7. The molecule has 5 heteroatoms. The van der Waals surface area contributed by atoms with Crippen LogP contribution in [0.1, 0.15) is 29.3 Å². The molecule has 1 heterocycles. The molecule has 0 atom stereocenters. The first-order valence-electron chi connectivity index (χ1n) is 10.1. The van der Waals surface area contributed by atoms with E-state index in [4.69, 9.17) is 9.47 Å². The molecule has 0 spiro atoms. The quantitative estimate of drug-likeness (QED) is 0.465. The van der Waals surface area contributed by atoms with E-state index < -0.39 is 0 Å². The first-order chi connectivity index (χ1) is 13.8. The number of piperazine rings is 1. The van der Waals surface area contributed by atoms with Crippen molar-refractivity contribution in [3.63, 3.8) is 0 Å². The van der Waals surface area contributed by atoms with Gasteiger partial charge in [-0.3, -0.25) is 9.69 Å². The van der Waals surface area contributed by atoms with E-state index in [2.05, 4.69) is 40.1 Å². The molecule has 2 aromatic carbocycles. The van der Waals surface area contributed by atoms with Gasteiger partial charge in [-0.1, -0.05) is 30.3 Å². The summed E-state index contributed by atoms with van der Waals surface area (Å²) in [5.41, 5.74) is 1.99. The van der Waals surface area contributed by atoms with Crippen LogP contribution < -0.4 is 9.47 Å². The predicted octanol–water partition coefficient (Wildman–Crippen LogP) is 3.48. The predicted molar refractivity (Wildman–Crippen MR) is 111 cm³/mol. The van der Waals surface area contributed by atoms with E-state index in [1.54, 1.807) is 12.1 Å². The Morgan fingerprint density at radius 1 is 0.929 bits per heavy atom. The number of carbonyl (C=O) groups is 1. The number of carbonyl (C=O) groups excluding carboxylic acids is 1. The second-order valence-electron chi connectivity index (χ2n) is 7.06. The molecule has 5 nitrogen and oxygen atoms in total. The molecule has 0 N–H and O–H groups in total. The molecule has 1 fully saturated rings. The van der Waals surface area contributed by atoms with Gasteiger partial charge in [-0.15, -0.1) is 0 Å². The van der Waals surface area contributed by atoms with Gasteiger partial charge in [0.2, 0.25) is 0 Å². The van der Waals surface area contributed by atoms with E-state index >= 15 is 0 Å². The van der Waals surface area contributed by atoms with Gasteiger partial charge in [0, 0.05) is 44.8 Å². The van der Waals surface area contributed by atoms with Crippen molar-refractivity contribution in [2.75, 3.05) is 45.9 Å². The Bertz CT molecular complexity index is 728. The molecule has 0 unspecified atom stereocenters. The topological polar surface area (TPSA) is 42.0 Å². The monoisotopic (exact) mass is 382 g/mol. The summed E-state index contributed by atoms with van der Waals surface area (Å²) in [6, 6.07) is 16.0. The highest BCUT2D eigenvalue weighted by molar-refractivity contribution is 5.76. The lowest BCUT2D eigenvalue weighted by Gasteiger charge is -2.34. The Morgan fingerprint density at radius 3 is 2.39 bits per heavy atom. The van der Waals surface area contributed by atoms with Gasteiger partial charge in [0.25, 0.3) is 0 Å². The summed E-state index contributed by atoms with van der Waals surface area (Å²) in [4.78, 5) is 16.0. The SMILES string of the molecule is CCOc1cc(C=O)ccc1OCCCN1CCN(Cc2ccccc2)CC1. The molecule has 3 rings (SSSR count). The third kappa shape index (κ3) is 6.08. The normalized spacial score (nSPS) is 15.3. The molecule has 150 valence electrons. The van der Waals surface area contributed by atoms with Crippen molar-refractivity contribution in [1.82, 2.24) is 9.80 Å². The van der Waals surface area contributed by atoms with Crippen LogP contribution in [0.5, 0.6) is 11.5 Å². The van der Waals surface area contributed by atoms with Crippen molar-refractivity contribution in [2.45, 2.75) is 19.9 Å². The van der Waals surface area contributed by atoms with Crippen molar-refractivity contribution < 1.29 is 14.3 Å². The van der Waals surface area contributed by atoms with Crippen molar-refractivity contribution >= 4 is 6.29 Å². The number of hydrogen-bond acceptors (Lipinski definition) is 5. The standard InChI is InChI=1S/C23H30N2O3/c1-2-27-23-17-21(19-26)9-10-22(23)28-16-6-11-24-12-14-25(15-13-24)18-20-7-4-3-5-8-20/h3-5,7-10,17,19H,2,6,11-16,18H2,1H3. The molecular weight excluding hydrogens is 352 g/mol. The van der Waals surface area contributed by atoms with Crippen LogP contribution in [0.25, 0.3) is 0 Å². The number of ether oxygens (including phenoxy) is 2. The van der Waals surface area contributed by atoms with Gasteiger partial charge in [0.15, 0.2) is 11.5 Å². The van der Waals surface area contributed by atoms with Gasteiger partial charge in [-0.2, -0.15) is 0 Å². The third-order valence-corrected chi connectivity index (χ3v) is 4.99. The lowest BCUT2D eigenvalue weighted by Crippen LogP contribution is -2.46. The fourth-order valence-corrected chi connectivity index (χ4v) is 3.47. The Balaban J connectivity index is 1.37. The molecule has 0 saturated carbocycles. The minimum atomic E-state index is 0.548. The van der Waals surface area contributed by atoms with Gasteiger partial charge >= 0.3 is 0 Å². The van der Waals surface area contributed by atoms with Gasteiger partial charge in [0.1, 0.15) is 6.29 Å². The maximum absolute atomic E-state index is 10.9. The number of hydrogen-bond donors (Lipinski definition) is 0. The van der Waals surface area contributed by atoms with Crippen molar-refractivity contribution in [2.24, 2.45) is 0 Å². The second-order valence-corrected chi connectivity index (χ2v) is 7.06. The molecule has 0 radical (unpaired) electrons. The molecule has 1 aliphatic rings. The second kappa shape index (κ2) is 10.8. The number of nitrogens with zero attached hydrogens (tertiary/aromatic N) is 2. The summed E-state index contributed by atoms with van der Waals surface area (Å²) in [6.45, 7) is 9.61. The summed E-state index contributed by atoms with van der Waals surface area (Å²) in [6.07, 6.45) is 1.80. The van der Waals surface area contributed by atoms with Crippen LogP contribution in [0.4, 0.5) is 0 Å². The fourth-order valence-electron chi connectivity index (χ4n) is 3.47. The Labute approximate surface area is 167 Å². The van der Waals surface area contributed by atoms with Crippen LogP contribution in [-0.2, 0) is 6.54 Å². The largest absolute Gasteiger partial charge is 0.490 e. The highest BCUT2D eigenvalue weighted by atomic mass is 16.5. The Morgan fingerprint density at radius 2 is 1.68 bits per heavy atom. The minimum absolute atomic E-state index is 0.548. The summed E-state index contributed by atoms with van der Waals surface area (Å²) in [5.74, 6) is 1.35. The zero-order valence-corrected chi connectivity index (χ0v) is 16.7. The van der Waals surface area contributed by atoms with E-state index in [9.17, 15) is 4.79 Å². The van der Waals surface area contributed by atoms with Crippen molar-refractivity contribution in [3.8, 4) is 11.5 Å². The van der Waals surface area contributed by atoms with Crippen molar-refractivity contribution in [3.05, 3.63) is 59.7 Å². The molecule has 1 aliphatic heterocycles. The van der Waals surface area contributed by atoms with E-state index in [1.807, 2.05) is 13.0 Å². The molecule has 2 aromatic rings. The molecule has 0 amide bonds. The summed E-state index contributed by atoms with van der Waals surface area (Å²) in [5, 5.41) is 0. The molecular formula is C23H30N2O3. The van der Waals surface area contributed by atoms with E-state index in [1.165, 1.54) is 5.56 Å². The van der Waals surface area contributed by atoms with Gasteiger partial charge < -0.3 is 14.4 Å². The van der Waals surface area contributed by atoms with Crippen LogP contribution in [0.15, 0.2) is 48.5 Å². The van der Waals surface area contributed by atoms with Gasteiger partial charge in [-0.25, -0.2) is 0 Å². The highest BCUT2D eigenvalue weighted by Crippen LogP contribution is 2.28. The number of aldehydes is 1. The van der Waals surface area contributed by atoms with E-state index in [-0.39, 0.29) is 0 Å². The zero-order chi connectivity index (χ0) is 19.6. The van der Waals surface area contributed by atoms with Crippen LogP contribution in [0.2, 0.25) is 0 Å². The van der Waals surface area contributed by atoms with Crippen molar-refractivity contribution in [1.29, 1.82) is 0 Å². The maximum atomic E-state index is 10.9. The fraction of sp³-hybridized carbons (Fsp3) is 0.435. The highest BCUT2D eigenvalue weighted by Gasteiger charge is 2.16. The first-order valence-corrected chi connectivity index (χ1v) is 10.1. The summed E-state index contributed by atoms with van der Waals surface area (Å²) < 4.78 is 11.5.